The molecule has 0 aliphatic carbocycles. The van der Waals surface area contributed by atoms with Crippen LogP contribution in [-0.2, 0) is 0 Å². The molecule has 14 heavy (non-hydrogen) atoms. The van der Waals surface area contributed by atoms with Crippen LogP contribution in [0.3, 0.4) is 0 Å². The molecule has 1 atom stereocenters. The molecule has 1 aromatic heterocycles. The molecule has 0 bridgehead atoms. The van der Waals surface area contributed by atoms with Gasteiger partial charge in [-0.3, -0.25) is 4.90 Å². The maximum atomic E-state index is 4.47. The zero-order valence-corrected chi connectivity index (χ0v) is 10.4. The van der Waals surface area contributed by atoms with E-state index in [0.29, 0.717) is 5.25 Å². The van der Waals surface area contributed by atoms with E-state index in [4.69, 9.17) is 0 Å². The van der Waals surface area contributed by atoms with Gasteiger partial charge in [0.2, 0.25) is 0 Å². The Balaban J connectivity index is 2.33. The molecule has 0 saturated heterocycles. The molecule has 3 nitrogen and oxygen atoms in total. The predicted octanol–water partition coefficient (Wildman–Crippen LogP) is 1.67. The second-order valence-corrected chi connectivity index (χ2v) is 5.19. The smallest absolute Gasteiger partial charge is 0.107 e. The van der Waals surface area contributed by atoms with E-state index in [1.807, 2.05) is 37.4 Å². The topological polar surface area (TPSA) is 30.2 Å². The lowest BCUT2D eigenvalue weighted by Crippen LogP contribution is -2.25. The number of hydrogen-bond acceptors (Lipinski definition) is 4. The minimum atomic E-state index is 0.426. The van der Waals surface area contributed by atoms with Gasteiger partial charge in [-0.05, 0) is 20.4 Å². The highest BCUT2D eigenvalue weighted by Crippen LogP contribution is 2.27. The van der Waals surface area contributed by atoms with Crippen LogP contribution in [0.5, 0.6) is 0 Å². The van der Waals surface area contributed by atoms with Gasteiger partial charge in [-0.1, -0.05) is 0 Å². The van der Waals surface area contributed by atoms with E-state index >= 15 is 0 Å². The molecule has 0 amide bonds. The molecule has 1 unspecified atom stereocenters. The number of thiazole rings is 1. The Morgan fingerprint density at radius 1 is 1.64 bits per heavy atom. The Labute approximate surface area is 93.9 Å². The third-order valence-corrected chi connectivity index (χ3v) is 3.67. The molecule has 0 N–H and O–H groups in total. The van der Waals surface area contributed by atoms with Gasteiger partial charge in [-0.2, -0.15) is 11.8 Å². The number of nitrogens with zero attached hydrogens (tertiary/aromatic N) is 3. The van der Waals surface area contributed by atoms with Crippen LogP contribution in [0.15, 0.2) is 11.6 Å². The van der Waals surface area contributed by atoms with E-state index < -0.39 is 0 Å². The highest BCUT2D eigenvalue weighted by Gasteiger charge is 2.12. The largest absolute Gasteiger partial charge is 0.296 e. The zero-order valence-electron chi connectivity index (χ0n) is 8.80. The van der Waals surface area contributed by atoms with E-state index in [1.54, 1.807) is 11.3 Å². The van der Waals surface area contributed by atoms with Crippen molar-refractivity contribution in [3.63, 3.8) is 0 Å². The number of rotatable bonds is 6. The minimum Gasteiger partial charge on any atom is -0.296 e. The van der Waals surface area contributed by atoms with Crippen LogP contribution in [0.1, 0.15) is 10.3 Å². The monoisotopic (exact) mass is 230 g/mol. The van der Waals surface area contributed by atoms with Crippen LogP contribution in [0, 0.1) is 0 Å². The summed E-state index contributed by atoms with van der Waals surface area (Å²) in [4.78, 5) is 6.38. The summed E-state index contributed by atoms with van der Waals surface area (Å²) >= 11 is 3.52. The van der Waals surface area contributed by atoms with Crippen molar-refractivity contribution in [2.45, 2.75) is 5.25 Å². The van der Waals surface area contributed by atoms with Crippen molar-refractivity contribution in [1.29, 1.82) is 0 Å². The summed E-state index contributed by atoms with van der Waals surface area (Å²) in [6.45, 7) is 1.65. The highest BCUT2D eigenvalue weighted by atomic mass is 32.2. The molecular weight excluding hydrogens is 214 g/mol. The molecule has 1 rings (SSSR count). The van der Waals surface area contributed by atoms with Gasteiger partial charge < -0.3 is 0 Å². The third kappa shape index (κ3) is 3.96. The zero-order chi connectivity index (χ0) is 10.4. The SMILES string of the molecule is CSC(C[N]CN(C)C)c1nccs1. The van der Waals surface area contributed by atoms with Crippen LogP contribution in [-0.4, -0.2) is 43.4 Å². The molecule has 0 spiro atoms. The maximum absolute atomic E-state index is 4.47. The fourth-order valence-electron chi connectivity index (χ4n) is 1.02. The van der Waals surface area contributed by atoms with Crippen molar-refractivity contribution in [1.82, 2.24) is 15.2 Å². The first-order valence-corrected chi connectivity index (χ1v) is 6.61. The van der Waals surface area contributed by atoms with Crippen LogP contribution < -0.4 is 5.32 Å². The minimum absolute atomic E-state index is 0.426. The summed E-state index contributed by atoms with van der Waals surface area (Å²) in [6, 6.07) is 0. The van der Waals surface area contributed by atoms with Gasteiger partial charge in [-0.15, -0.1) is 11.3 Å². The number of thioether (sulfide) groups is 1. The molecule has 0 aliphatic heterocycles. The van der Waals surface area contributed by atoms with Gasteiger partial charge >= 0.3 is 0 Å². The van der Waals surface area contributed by atoms with E-state index in [2.05, 4.69) is 21.5 Å². The van der Waals surface area contributed by atoms with Gasteiger partial charge in [0.1, 0.15) is 5.01 Å². The lowest BCUT2D eigenvalue weighted by atomic mass is 10.4. The summed E-state index contributed by atoms with van der Waals surface area (Å²) in [6.07, 6.45) is 3.96. The van der Waals surface area contributed by atoms with E-state index in [9.17, 15) is 0 Å². The second-order valence-electron chi connectivity index (χ2n) is 3.22. The molecule has 5 heteroatoms. The molecule has 0 aromatic carbocycles. The Bertz CT molecular complexity index is 236. The number of hydrogen-bond donors (Lipinski definition) is 0. The van der Waals surface area contributed by atoms with E-state index in [1.165, 1.54) is 5.01 Å². The van der Waals surface area contributed by atoms with Crippen LogP contribution >= 0.6 is 23.1 Å². The van der Waals surface area contributed by atoms with Crippen molar-refractivity contribution in [2.75, 3.05) is 33.6 Å². The fourth-order valence-corrected chi connectivity index (χ4v) is 2.60. The summed E-state index contributed by atoms with van der Waals surface area (Å²) in [5.74, 6) is 0. The van der Waals surface area contributed by atoms with Crippen molar-refractivity contribution >= 4 is 23.1 Å². The summed E-state index contributed by atoms with van der Waals surface area (Å²) in [5.41, 5.74) is 0. The lowest BCUT2D eigenvalue weighted by molar-refractivity contribution is 0.364. The van der Waals surface area contributed by atoms with Gasteiger partial charge in [0.15, 0.2) is 0 Å². The van der Waals surface area contributed by atoms with Crippen LogP contribution in [0.2, 0.25) is 0 Å². The normalized spacial score (nSPS) is 13.4. The first-order chi connectivity index (χ1) is 6.74. The molecule has 0 aliphatic rings. The Morgan fingerprint density at radius 2 is 2.43 bits per heavy atom. The van der Waals surface area contributed by atoms with Crippen molar-refractivity contribution < 1.29 is 0 Å². The van der Waals surface area contributed by atoms with Crippen molar-refractivity contribution in [2.24, 2.45) is 0 Å². The molecule has 79 valence electrons. The Morgan fingerprint density at radius 3 is 2.93 bits per heavy atom. The second kappa shape index (κ2) is 6.40. The molecule has 0 saturated carbocycles. The Hall–Kier alpha value is -0.100. The summed E-state index contributed by atoms with van der Waals surface area (Å²) < 4.78 is 0. The summed E-state index contributed by atoms with van der Waals surface area (Å²) in [7, 11) is 4.06. The van der Waals surface area contributed by atoms with Crippen LogP contribution in [0.4, 0.5) is 0 Å². The van der Waals surface area contributed by atoms with Crippen molar-refractivity contribution in [3.8, 4) is 0 Å². The molecule has 1 aromatic rings. The van der Waals surface area contributed by atoms with Crippen molar-refractivity contribution in [3.05, 3.63) is 16.6 Å². The molecular formula is C9H16N3S2. The average molecular weight is 230 g/mol. The van der Waals surface area contributed by atoms with Gasteiger partial charge in [0, 0.05) is 18.1 Å². The quantitative estimate of drug-likeness (QED) is 0.745. The van der Waals surface area contributed by atoms with Gasteiger partial charge in [0.25, 0.3) is 0 Å². The highest BCUT2D eigenvalue weighted by molar-refractivity contribution is 7.99. The van der Waals surface area contributed by atoms with E-state index in [0.717, 1.165) is 13.2 Å². The van der Waals surface area contributed by atoms with Gasteiger partial charge in [-0.25, -0.2) is 10.3 Å². The molecule has 0 fully saturated rings. The average Bonchev–Trinajstić information content (AvgIpc) is 2.64. The molecule has 1 radical (unpaired) electrons. The third-order valence-electron chi connectivity index (χ3n) is 1.69. The maximum Gasteiger partial charge on any atom is 0.107 e. The fraction of sp³-hybridized carbons (Fsp3) is 0.667. The molecule has 1 heterocycles. The summed E-state index contributed by atoms with van der Waals surface area (Å²) in [5, 5.41) is 8.09. The number of aromatic nitrogens is 1. The first kappa shape index (κ1) is 12.0. The predicted molar refractivity (Wildman–Crippen MR) is 63.9 cm³/mol. The van der Waals surface area contributed by atoms with E-state index in [-0.39, 0.29) is 0 Å². The Kier molecular flexibility index (Phi) is 5.47. The van der Waals surface area contributed by atoms with Gasteiger partial charge in [0.05, 0.1) is 11.9 Å². The standard InChI is InChI=1S/C9H16N3S2/c1-12(2)7-10-6-8(13-3)9-11-4-5-14-9/h4-5,8H,6-7H2,1-3H3. The lowest BCUT2D eigenvalue weighted by Gasteiger charge is -2.13. The van der Waals surface area contributed by atoms with Crippen LogP contribution in [0.25, 0.3) is 0 Å². The first-order valence-electron chi connectivity index (χ1n) is 4.44.